The molecule has 1 fully saturated rings. The van der Waals surface area contributed by atoms with Gasteiger partial charge >= 0.3 is 0 Å². The molecule has 0 aromatic heterocycles. The largest absolute Gasteiger partial charge is 0.352 e. The van der Waals surface area contributed by atoms with Gasteiger partial charge in [-0.25, -0.2) is 0 Å². The highest BCUT2D eigenvalue weighted by molar-refractivity contribution is 5.92. The summed E-state index contributed by atoms with van der Waals surface area (Å²) < 4.78 is 0. The highest BCUT2D eigenvalue weighted by atomic mass is 35.5. The van der Waals surface area contributed by atoms with Crippen molar-refractivity contribution < 1.29 is 9.59 Å². The molecule has 0 aliphatic heterocycles. The fourth-order valence-corrected chi connectivity index (χ4v) is 2.96. The minimum atomic E-state index is -0.223. The van der Waals surface area contributed by atoms with Crippen molar-refractivity contribution in [2.75, 3.05) is 5.32 Å². The number of hydrogen-bond donors (Lipinski definition) is 3. The van der Waals surface area contributed by atoms with Crippen molar-refractivity contribution in [1.29, 1.82) is 0 Å². The maximum atomic E-state index is 12.3. The van der Waals surface area contributed by atoms with E-state index in [9.17, 15) is 9.59 Å². The van der Waals surface area contributed by atoms with Gasteiger partial charge in [-0.3, -0.25) is 9.59 Å². The van der Waals surface area contributed by atoms with Crippen LogP contribution in [0.2, 0.25) is 0 Å². The molecule has 1 saturated carbocycles. The summed E-state index contributed by atoms with van der Waals surface area (Å²) in [5, 5.41) is 5.90. The van der Waals surface area contributed by atoms with E-state index < -0.39 is 0 Å². The van der Waals surface area contributed by atoms with Gasteiger partial charge in [0.05, 0.1) is 0 Å². The minimum Gasteiger partial charge on any atom is -0.352 e. The first kappa shape index (κ1) is 21.5. The molecule has 4 N–H and O–H groups in total. The third kappa shape index (κ3) is 6.67. The molecule has 2 rings (SSSR count). The second-order valence-corrected chi connectivity index (χ2v) is 6.89. The van der Waals surface area contributed by atoms with Crippen LogP contribution in [0.5, 0.6) is 0 Å². The number of carbonyl (C=O) groups is 2. The molecule has 0 radical (unpaired) electrons. The van der Waals surface area contributed by atoms with Gasteiger partial charge in [0, 0.05) is 30.1 Å². The van der Waals surface area contributed by atoms with Crippen molar-refractivity contribution in [1.82, 2.24) is 5.32 Å². The van der Waals surface area contributed by atoms with E-state index in [2.05, 4.69) is 10.6 Å². The van der Waals surface area contributed by atoms with Gasteiger partial charge in [0.25, 0.3) is 0 Å². The van der Waals surface area contributed by atoms with E-state index in [-0.39, 0.29) is 42.1 Å². The predicted octanol–water partition coefficient (Wildman–Crippen LogP) is 3.23. The van der Waals surface area contributed by atoms with Crippen LogP contribution in [-0.2, 0) is 16.1 Å². The molecule has 2 atom stereocenters. The first-order chi connectivity index (χ1) is 11.5. The molecule has 1 aromatic rings. The average molecular weight is 368 g/mol. The average Bonchev–Trinajstić information content (AvgIpc) is 2.60. The maximum Gasteiger partial charge on any atom is 0.227 e. The summed E-state index contributed by atoms with van der Waals surface area (Å²) in [7, 11) is 0. The fraction of sp³-hybridized carbons (Fsp3) is 0.579. The van der Waals surface area contributed by atoms with Crippen LogP contribution >= 0.6 is 12.4 Å². The Hall–Kier alpha value is -1.59. The van der Waals surface area contributed by atoms with Gasteiger partial charge in [0.1, 0.15) is 0 Å². The lowest BCUT2D eigenvalue weighted by molar-refractivity contribution is -0.125. The molecule has 5 nitrogen and oxygen atoms in total. The molecule has 25 heavy (non-hydrogen) atoms. The zero-order valence-corrected chi connectivity index (χ0v) is 15.9. The summed E-state index contributed by atoms with van der Waals surface area (Å²) in [5.74, 6) is -0.0312. The lowest BCUT2D eigenvalue weighted by atomic mass is 9.88. The number of nitrogens with two attached hydrogens (primary N) is 1. The number of hydrogen-bond acceptors (Lipinski definition) is 3. The number of carbonyl (C=O) groups excluding carboxylic acids is 2. The van der Waals surface area contributed by atoms with Crippen LogP contribution in [0.4, 0.5) is 5.69 Å². The van der Waals surface area contributed by atoms with Gasteiger partial charge < -0.3 is 16.4 Å². The van der Waals surface area contributed by atoms with Crippen LogP contribution in [0.25, 0.3) is 0 Å². The predicted molar refractivity (Wildman–Crippen MR) is 104 cm³/mol. The van der Waals surface area contributed by atoms with Crippen molar-refractivity contribution in [2.24, 2.45) is 17.6 Å². The summed E-state index contributed by atoms with van der Waals surface area (Å²) in [6, 6.07) is 7.46. The topological polar surface area (TPSA) is 84.2 Å². The number of amides is 2. The Balaban J connectivity index is 0.00000312. The van der Waals surface area contributed by atoms with E-state index in [1.807, 2.05) is 38.1 Å². The van der Waals surface area contributed by atoms with Crippen LogP contribution < -0.4 is 16.4 Å². The lowest BCUT2D eigenvalue weighted by Crippen LogP contribution is -2.38. The molecule has 0 spiro atoms. The molecular formula is C19H30ClN3O2. The number of nitrogens with one attached hydrogen (secondary N) is 2. The number of anilines is 1. The van der Waals surface area contributed by atoms with E-state index >= 15 is 0 Å². The van der Waals surface area contributed by atoms with E-state index in [1.165, 1.54) is 6.42 Å². The van der Waals surface area contributed by atoms with E-state index in [0.29, 0.717) is 6.54 Å². The summed E-state index contributed by atoms with van der Waals surface area (Å²) in [6.45, 7) is 4.08. The zero-order valence-electron chi connectivity index (χ0n) is 15.1. The van der Waals surface area contributed by atoms with Gasteiger partial charge in [0.15, 0.2) is 0 Å². The molecule has 2 unspecified atom stereocenters. The van der Waals surface area contributed by atoms with E-state index in [4.69, 9.17) is 5.73 Å². The fourth-order valence-electron chi connectivity index (χ4n) is 2.96. The molecule has 0 saturated heterocycles. The first-order valence-electron chi connectivity index (χ1n) is 8.90. The second kappa shape index (κ2) is 10.4. The number of benzene rings is 1. The molecule has 0 bridgehead atoms. The molecule has 140 valence electrons. The quantitative estimate of drug-likeness (QED) is 0.721. The van der Waals surface area contributed by atoms with E-state index in [1.54, 1.807) is 0 Å². The summed E-state index contributed by atoms with van der Waals surface area (Å²) in [4.78, 5) is 24.3. The number of rotatable bonds is 6. The summed E-state index contributed by atoms with van der Waals surface area (Å²) >= 11 is 0. The van der Waals surface area contributed by atoms with Gasteiger partial charge in [-0.1, -0.05) is 38.3 Å². The number of halogens is 1. The highest BCUT2D eigenvalue weighted by Crippen LogP contribution is 2.25. The van der Waals surface area contributed by atoms with Crippen molar-refractivity contribution >= 4 is 29.9 Å². The van der Waals surface area contributed by atoms with Gasteiger partial charge in [-0.15, -0.1) is 12.4 Å². The Bertz CT molecular complexity index is 572. The molecule has 1 aliphatic carbocycles. The molecule has 1 aliphatic rings. The molecule has 0 heterocycles. The third-order valence-corrected chi connectivity index (χ3v) is 4.84. The summed E-state index contributed by atoms with van der Waals surface area (Å²) in [6.07, 6.45) is 5.48. The van der Waals surface area contributed by atoms with Crippen LogP contribution in [0, 0.1) is 11.8 Å². The maximum absolute atomic E-state index is 12.3. The van der Waals surface area contributed by atoms with Crippen LogP contribution in [0.3, 0.4) is 0 Å². The SMILES string of the molecule is CC(N)C(C)C(=O)NCc1cccc(NC(=O)C2CCCCC2)c1.Cl. The Labute approximate surface area is 156 Å². The third-order valence-electron chi connectivity index (χ3n) is 4.84. The Morgan fingerprint density at radius 1 is 1.20 bits per heavy atom. The monoisotopic (exact) mass is 367 g/mol. The first-order valence-corrected chi connectivity index (χ1v) is 8.90. The minimum absolute atomic E-state index is 0. The second-order valence-electron chi connectivity index (χ2n) is 6.89. The van der Waals surface area contributed by atoms with E-state index in [0.717, 1.165) is 36.9 Å². The van der Waals surface area contributed by atoms with Crippen LogP contribution in [0.15, 0.2) is 24.3 Å². The van der Waals surface area contributed by atoms with Gasteiger partial charge in [-0.05, 0) is 37.5 Å². The normalized spacial score (nSPS) is 17.1. The smallest absolute Gasteiger partial charge is 0.227 e. The van der Waals surface area contributed by atoms with Crippen LogP contribution in [-0.4, -0.2) is 17.9 Å². The van der Waals surface area contributed by atoms with Crippen molar-refractivity contribution in [3.8, 4) is 0 Å². The van der Waals surface area contributed by atoms with Gasteiger partial charge in [0.2, 0.25) is 11.8 Å². The zero-order chi connectivity index (χ0) is 17.5. The molecule has 2 amide bonds. The molecule has 6 heteroatoms. The summed E-state index contributed by atoms with van der Waals surface area (Å²) in [5.41, 5.74) is 7.50. The molecular weight excluding hydrogens is 338 g/mol. The standard InChI is InChI=1S/C19H29N3O2.ClH/c1-13(14(2)20)18(23)21-12-15-7-6-10-17(11-15)22-19(24)16-8-4-3-5-9-16;/h6-7,10-11,13-14,16H,3-5,8-9,12,20H2,1-2H3,(H,21,23)(H,22,24);1H. The van der Waals surface area contributed by atoms with Crippen molar-refractivity contribution in [3.05, 3.63) is 29.8 Å². The Kier molecular flexibility index (Phi) is 8.93. The Morgan fingerprint density at radius 2 is 1.88 bits per heavy atom. The van der Waals surface area contributed by atoms with Crippen molar-refractivity contribution in [2.45, 2.75) is 58.5 Å². The van der Waals surface area contributed by atoms with Gasteiger partial charge in [-0.2, -0.15) is 0 Å². The van der Waals surface area contributed by atoms with Crippen LogP contribution in [0.1, 0.15) is 51.5 Å². The lowest BCUT2D eigenvalue weighted by Gasteiger charge is -2.21. The van der Waals surface area contributed by atoms with Crippen molar-refractivity contribution in [3.63, 3.8) is 0 Å². The highest BCUT2D eigenvalue weighted by Gasteiger charge is 2.21. The molecule has 1 aromatic carbocycles. The Morgan fingerprint density at radius 3 is 2.52 bits per heavy atom.